The molecule has 6 heteroatoms. The monoisotopic (exact) mass is 342 g/mol. The van der Waals surface area contributed by atoms with Crippen LogP contribution in [0.25, 0.3) is 0 Å². The van der Waals surface area contributed by atoms with Crippen molar-refractivity contribution in [1.29, 1.82) is 0 Å². The van der Waals surface area contributed by atoms with E-state index >= 15 is 0 Å². The molecule has 0 spiro atoms. The number of amides is 1. The number of carbonyl (C=O) groups excluding carboxylic acids is 1. The number of hydrogen-bond acceptors (Lipinski definition) is 3. The number of rotatable bonds is 4. The first-order valence-electron chi connectivity index (χ1n) is 8.06. The predicted octanol–water partition coefficient (Wildman–Crippen LogP) is 2.64. The van der Waals surface area contributed by atoms with E-state index in [0.717, 1.165) is 37.7 Å². The highest BCUT2D eigenvalue weighted by Gasteiger charge is 2.40. The number of ether oxygens (including phenoxy) is 1. The van der Waals surface area contributed by atoms with Gasteiger partial charge >= 0.3 is 0 Å². The quantitative estimate of drug-likeness (QED) is 0.884. The standard InChI is InChI=1S/C17H23FN2O2.ClH/c18-13-5-3-12(4-6-13)17(9-1-2-10-17)20-16(21)15-8-7-14(11-19)22-15;/h3-6,14-15H,1-2,7-11,19H2,(H,20,21);1H/t14-,15+;/m1./s1. The summed E-state index contributed by atoms with van der Waals surface area (Å²) in [5, 5.41) is 3.19. The van der Waals surface area contributed by atoms with Gasteiger partial charge in [-0.05, 0) is 43.4 Å². The van der Waals surface area contributed by atoms with E-state index in [0.29, 0.717) is 13.0 Å². The molecular weight excluding hydrogens is 319 g/mol. The average molecular weight is 343 g/mol. The number of carbonyl (C=O) groups is 1. The molecule has 2 fully saturated rings. The fourth-order valence-electron chi connectivity index (χ4n) is 3.62. The lowest BCUT2D eigenvalue weighted by molar-refractivity contribution is -0.134. The second-order valence-electron chi connectivity index (χ2n) is 6.35. The third-order valence-corrected chi connectivity index (χ3v) is 4.88. The van der Waals surface area contributed by atoms with Gasteiger partial charge < -0.3 is 15.8 Å². The topological polar surface area (TPSA) is 64.4 Å². The van der Waals surface area contributed by atoms with Gasteiger partial charge in [0.25, 0.3) is 0 Å². The van der Waals surface area contributed by atoms with Gasteiger partial charge in [-0.2, -0.15) is 0 Å². The van der Waals surface area contributed by atoms with E-state index in [1.807, 2.05) is 0 Å². The average Bonchev–Trinajstić information content (AvgIpc) is 3.17. The Bertz CT molecular complexity index is 532. The zero-order valence-corrected chi connectivity index (χ0v) is 13.9. The largest absolute Gasteiger partial charge is 0.364 e. The Morgan fingerprint density at radius 1 is 1.26 bits per heavy atom. The minimum absolute atomic E-state index is 0. The zero-order chi connectivity index (χ0) is 15.6. The molecule has 2 aliphatic rings. The van der Waals surface area contributed by atoms with E-state index in [1.165, 1.54) is 12.1 Å². The van der Waals surface area contributed by atoms with Gasteiger partial charge in [-0.25, -0.2) is 4.39 Å². The molecule has 2 atom stereocenters. The van der Waals surface area contributed by atoms with Crippen LogP contribution in [-0.4, -0.2) is 24.7 Å². The Labute approximate surface area is 142 Å². The molecule has 128 valence electrons. The summed E-state index contributed by atoms with van der Waals surface area (Å²) < 4.78 is 18.9. The molecular formula is C17H24ClFN2O2. The molecule has 1 aromatic carbocycles. The molecule has 1 saturated carbocycles. The van der Waals surface area contributed by atoms with Crippen LogP contribution >= 0.6 is 12.4 Å². The molecule has 1 aliphatic carbocycles. The van der Waals surface area contributed by atoms with Crippen LogP contribution in [0.3, 0.4) is 0 Å². The van der Waals surface area contributed by atoms with Crippen molar-refractivity contribution < 1.29 is 13.9 Å². The van der Waals surface area contributed by atoms with E-state index in [1.54, 1.807) is 12.1 Å². The van der Waals surface area contributed by atoms with Crippen LogP contribution in [-0.2, 0) is 15.1 Å². The number of nitrogens with two attached hydrogens (primary N) is 1. The van der Waals surface area contributed by atoms with Crippen LogP contribution in [0.15, 0.2) is 24.3 Å². The molecule has 4 nitrogen and oxygen atoms in total. The van der Waals surface area contributed by atoms with Gasteiger partial charge in [0.15, 0.2) is 0 Å². The molecule has 23 heavy (non-hydrogen) atoms. The Morgan fingerprint density at radius 3 is 2.48 bits per heavy atom. The highest BCUT2D eigenvalue weighted by atomic mass is 35.5. The number of nitrogens with one attached hydrogen (secondary N) is 1. The number of benzene rings is 1. The Balaban J connectivity index is 0.00000192. The predicted molar refractivity (Wildman–Crippen MR) is 88.9 cm³/mol. The van der Waals surface area contributed by atoms with Crippen molar-refractivity contribution in [3.05, 3.63) is 35.6 Å². The van der Waals surface area contributed by atoms with Crippen molar-refractivity contribution in [2.75, 3.05) is 6.54 Å². The summed E-state index contributed by atoms with van der Waals surface area (Å²) in [6.07, 6.45) is 5.02. The summed E-state index contributed by atoms with van der Waals surface area (Å²) >= 11 is 0. The number of halogens is 2. The van der Waals surface area contributed by atoms with E-state index < -0.39 is 6.10 Å². The van der Waals surface area contributed by atoms with Crippen molar-refractivity contribution in [2.24, 2.45) is 5.73 Å². The second-order valence-corrected chi connectivity index (χ2v) is 6.35. The van der Waals surface area contributed by atoms with Crippen molar-refractivity contribution in [2.45, 2.75) is 56.3 Å². The number of hydrogen-bond donors (Lipinski definition) is 2. The van der Waals surface area contributed by atoms with Crippen LogP contribution in [0.5, 0.6) is 0 Å². The first kappa shape index (κ1) is 18.2. The molecule has 3 rings (SSSR count). The van der Waals surface area contributed by atoms with Crippen molar-refractivity contribution in [3.8, 4) is 0 Å². The normalized spacial score (nSPS) is 25.8. The maximum Gasteiger partial charge on any atom is 0.249 e. The molecule has 1 aromatic rings. The van der Waals surface area contributed by atoms with Crippen molar-refractivity contribution in [3.63, 3.8) is 0 Å². The van der Waals surface area contributed by atoms with Gasteiger partial charge in [-0.1, -0.05) is 25.0 Å². The molecule has 0 bridgehead atoms. The SMILES string of the molecule is Cl.NC[C@H]1CC[C@@H](C(=O)NC2(c3ccc(F)cc3)CCCC2)O1. The third-order valence-electron chi connectivity index (χ3n) is 4.88. The first-order valence-corrected chi connectivity index (χ1v) is 8.06. The molecule has 3 N–H and O–H groups in total. The Morgan fingerprint density at radius 2 is 1.91 bits per heavy atom. The molecule has 0 unspecified atom stereocenters. The van der Waals surface area contributed by atoms with Crippen LogP contribution in [0.4, 0.5) is 4.39 Å². The van der Waals surface area contributed by atoms with E-state index in [4.69, 9.17) is 10.5 Å². The maximum absolute atomic E-state index is 13.2. The van der Waals surface area contributed by atoms with Crippen LogP contribution < -0.4 is 11.1 Å². The minimum Gasteiger partial charge on any atom is -0.364 e. The highest BCUT2D eigenvalue weighted by molar-refractivity contribution is 5.85. The summed E-state index contributed by atoms with van der Waals surface area (Å²) in [4.78, 5) is 12.6. The van der Waals surface area contributed by atoms with E-state index in [-0.39, 0.29) is 35.8 Å². The van der Waals surface area contributed by atoms with Gasteiger partial charge in [0, 0.05) is 6.54 Å². The van der Waals surface area contributed by atoms with Crippen LogP contribution in [0.2, 0.25) is 0 Å². The van der Waals surface area contributed by atoms with E-state index in [9.17, 15) is 9.18 Å². The van der Waals surface area contributed by atoms with Gasteiger partial charge in [-0.3, -0.25) is 4.79 Å². The van der Waals surface area contributed by atoms with Crippen molar-refractivity contribution >= 4 is 18.3 Å². The first-order chi connectivity index (χ1) is 10.6. The minimum atomic E-state index is -0.411. The van der Waals surface area contributed by atoms with E-state index in [2.05, 4.69) is 5.32 Å². The summed E-state index contributed by atoms with van der Waals surface area (Å²) in [5.74, 6) is -0.324. The lowest BCUT2D eigenvalue weighted by Gasteiger charge is -2.32. The lowest BCUT2D eigenvalue weighted by atomic mass is 9.87. The maximum atomic E-state index is 13.2. The van der Waals surface area contributed by atoms with Crippen LogP contribution in [0.1, 0.15) is 44.1 Å². The zero-order valence-electron chi connectivity index (χ0n) is 13.1. The van der Waals surface area contributed by atoms with Crippen LogP contribution in [0, 0.1) is 5.82 Å². The Kier molecular flexibility index (Phi) is 6.00. The smallest absolute Gasteiger partial charge is 0.249 e. The fraction of sp³-hybridized carbons (Fsp3) is 0.588. The highest BCUT2D eigenvalue weighted by Crippen LogP contribution is 2.39. The summed E-state index contributed by atoms with van der Waals surface area (Å²) in [6.45, 7) is 0.451. The third kappa shape index (κ3) is 3.84. The second kappa shape index (κ2) is 7.60. The van der Waals surface area contributed by atoms with Gasteiger partial charge in [0.1, 0.15) is 11.9 Å². The molecule has 1 amide bonds. The van der Waals surface area contributed by atoms with Crippen molar-refractivity contribution in [1.82, 2.24) is 5.32 Å². The summed E-state index contributed by atoms with van der Waals surface area (Å²) in [5.41, 5.74) is 6.20. The molecule has 0 aromatic heterocycles. The van der Waals surface area contributed by atoms with Gasteiger partial charge in [-0.15, -0.1) is 12.4 Å². The molecule has 1 saturated heterocycles. The fourth-order valence-corrected chi connectivity index (χ4v) is 3.62. The molecule has 1 aliphatic heterocycles. The Hall–Kier alpha value is -1.17. The molecule has 0 radical (unpaired) electrons. The summed E-state index contributed by atoms with van der Waals surface area (Å²) in [7, 11) is 0. The molecule has 1 heterocycles. The summed E-state index contributed by atoms with van der Waals surface area (Å²) in [6, 6.07) is 6.47. The lowest BCUT2D eigenvalue weighted by Crippen LogP contribution is -2.48. The van der Waals surface area contributed by atoms with Gasteiger partial charge in [0.05, 0.1) is 11.6 Å². The van der Waals surface area contributed by atoms with Gasteiger partial charge in [0.2, 0.25) is 5.91 Å².